The number of nitrogens with zero attached hydrogens (tertiary/aromatic N) is 1. The Labute approximate surface area is 157 Å². The summed E-state index contributed by atoms with van der Waals surface area (Å²) < 4.78 is 6.33. The number of hydrogen-bond acceptors (Lipinski definition) is 3. The third-order valence-electron chi connectivity index (χ3n) is 5.31. The van der Waals surface area contributed by atoms with Gasteiger partial charge in [0, 0.05) is 13.0 Å². The van der Waals surface area contributed by atoms with E-state index in [1.807, 2.05) is 6.07 Å². The number of benzene rings is 2. The van der Waals surface area contributed by atoms with E-state index in [4.69, 9.17) is 4.74 Å². The number of carbonyl (C=O) groups excluding carboxylic acids is 1. The molecular weight excluding hydrogens is 322 g/mol. The molecule has 1 saturated heterocycles. The van der Waals surface area contributed by atoms with Crippen molar-refractivity contribution in [2.45, 2.75) is 32.3 Å². The van der Waals surface area contributed by atoms with Crippen molar-refractivity contribution in [2.75, 3.05) is 26.2 Å². The second-order valence-electron chi connectivity index (χ2n) is 7.26. The van der Waals surface area contributed by atoms with Gasteiger partial charge in [0.15, 0.2) is 0 Å². The zero-order valence-corrected chi connectivity index (χ0v) is 15.6. The number of ether oxygens (including phenoxy) is 1. The molecule has 2 aromatic carbocycles. The summed E-state index contributed by atoms with van der Waals surface area (Å²) in [7, 11) is 0. The lowest BCUT2D eigenvalue weighted by molar-refractivity contribution is -0.108. The number of piperidine rings is 1. The number of carbonyl (C=O) groups is 1. The molecule has 3 rings (SSSR count). The first kappa shape index (κ1) is 18.8. The molecule has 3 heteroatoms. The van der Waals surface area contributed by atoms with Gasteiger partial charge in [0.25, 0.3) is 0 Å². The average molecular weight is 351 g/mol. The maximum Gasteiger partial charge on any atom is 0.120 e. The van der Waals surface area contributed by atoms with Crippen LogP contribution in [0, 0.1) is 12.8 Å². The van der Waals surface area contributed by atoms with Crippen LogP contribution in [0.15, 0.2) is 54.6 Å². The van der Waals surface area contributed by atoms with Gasteiger partial charge < -0.3 is 14.4 Å². The third kappa shape index (κ3) is 5.26. The molecule has 1 heterocycles. The molecule has 0 bridgehead atoms. The minimum Gasteiger partial charge on any atom is -0.367 e. The number of likely N-dealkylation sites (tertiary alicyclic amines) is 1. The number of hydrogen-bond donors (Lipinski definition) is 0. The first-order valence-corrected chi connectivity index (χ1v) is 9.65. The Hall–Kier alpha value is -1.97. The summed E-state index contributed by atoms with van der Waals surface area (Å²) in [6.07, 6.45) is 4.01. The van der Waals surface area contributed by atoms with Crippen LogP contribution >= 0.6 is 0 Å². The molecule has 0 amide bonds. The van der Waals surface area contributed by atoms with Gasteiger partial charge in [-0.05, 0) is 49.9 Å². The highest BCUT2D eigenvalue weighted by Gasteiger charge is 2.20. The Balaban J connectivity index is 1.57. The molecule has 0 aliphatic carbocycles. The van der Waals surface area contributed by atoms with E-state index in [1.165, 1.54) is 16.7 Å². The highest BCUT2D eigenvalue weighted by atomic mass is 16.5. The molecule has 1 unspecified atom stereocenters. The molecule has 1 fully saturated rings. The van der Waals surface area contributed by atoms with E-state index < -0.39 is 0 Å². The normalized spacial score (nSPS) is 17.1. The minimum absolute atomic E-state index is 0.0237. The Morgan fingerprint density at radius 3 is 2.35 bits per heavy atom. The summed E-state index contributed by atoms with van der Waals surface area (Å²) >= 11 is 0. The predicted molar refractivity (Wildman–Crippen MR) is 105 cm³/mol. The summed E-state index contributed by atoms with van der Waals surface area (Å²) in [4.78, 5) is 13.1. The van der Waals surface area contributed by atoms with Gasteiger partial charge in [0.1, 0.15) is 12.4 Å². The highest BCUT2D eigenvalue weighted by Crippen LogP contribution is 2.26. The van der Waals surface area contributed by atoms with Crippen molar-refractivity contribution in [3.8, 4) is 0 Å². The lowest BCUT2D eigenvalue weighted by atomic mass is 9.94. The van der Waals surface area contributed by atoms with Crippen LogP contribution in [-0.2, 0) is 9.53 Å². The molecule has 1 aliphatic rings. The number of aldehydes is 1. The predicted octanol–water partition coefficient (Wildman–Crippen LogP) is 4.40. The summed E-state index contributed by atoms with van der Waals surface area (Å²) in [5.41, 5.74) is 3.66. The Bertz CT molecular complexity index is 660. The van der Waals surface area contributed by atoms with Gasteiger partial charge in [-0.1, -0.05) is 60.2 Å². The summed E-state index contributed by atoms with van der Waals surface area (Å²) in [6, 6.07) is 19.1. The highest BCUT2D eigenvalue weighted by molar-refractivity contribution is 5.49. The van der Waals surface area contributed by atoms with Gasteiger partial charge >= 0.3 is 0 Å². The van der Waals surface area contributed by atoms with E-state index in [9.17, 15) is 4.79 Å². The molecule has 0 spiro atoms. The maximum atomic E-state index is 10.7. The Morgan fingerprint density at radius 1 is 1.04 bits per heavy atom. The molecule has 3 nitrogen and oxygen atoms in total. The van der Waals surface area contributed by atoms with Gasteiger partial charge in [-0.2, -0.15) is 0 Å². The van der Waals surface area contributed by atoms with Crippen LogP contribution < -0.4 is 0 Å². The Kier molecular flexibility index (Phi) is 6.98. The fourth-order valence-electron chi connectivity index (χ4n) is 3.64. The van der Waals surface area contributed by atoms with Gasteiger partial charge in [-0.3, -0.25) is 0 Å². The zero-order chi connectivity index (χ0) is 18.2. The summed E-state index contributed by atoms with van der Waals surface area (Å²) in [6.45, 7) is 5.91. The summed E-state index contributed by atoms with van der Waals surface area (Å²) in [5.74, 6) is 0.578. The van der Waals surface area contributed by atoms with Crippen molar-refractivity contribution in [1.82, 2.24) is 4.90 Å². The molecule has 0 radical (unpaired) electrons. The second-order valence-corrected chi connectivity index (χ2v) is 7.26. The van der Waals surface area contributed by atoms with Crippen molar-refractivity contribution in [3.63, 3.8) is 0 Å². The van der Waals surface area contributed by atoms with E-state index in [2.05, 4.69) is 60.4 Å². The zero-order valence-electron chi connectivity index (χ0n) is 15.6. The fraction of sp³-hybridized carbons (Fsp3) is 0.435. The smallest absolute Gasteiger partial charge is 0.120 e. The fourth-order valence-corrected chi connectivity index (χ4v) is 3.64. The second kappa shape index (κ2) is 9.65. The molecule has 0 saturated carbocycles. The lowest BCUT2D eigenvalue weighted by Gasteiger charge is -2.31. The molecule has 2 aromatic rings. The van der Waals surface area contributed by atoms with Crippen molar-refractivity contribution in [1.29, 1.82) is 0 Å². The third-order valence-corrected chi connectivity index (χ3v) is 5.31. The van der Waals surface area contributed by atoms with Gasteiger partial charge in [-0.25, -0.2) is 0 Å². The topological polar surface area (TPSA) is 29.5 Å². The van der Waals surface area contributed by atoms with Crippen LogP contribution in [0.1, 0.15) is 42.1 Å². The van der Waals surface area contributed by atoms with Crippen LogP contribution in [0.5, 0.6) is 0 Å². The van der Waals surface area contributed by atoms with Crippen molar-refractivity contribution in [3.05, 3.63) is 71.3 Å². The van der Waals surface area contributed by atoms with Crippen LogP contribution in [-0.4, -0.2) is 37.4 Å². The van der Waals surface area contributed by atoms with E-state index in [0.717, 1.165) is 38.8 Å². The van der Waals surface area contributed by atoms with Crippen LogP contribution in [0.2, 0.25) is 0 Å². The molecule has 0 aromatic heterocycles. The Morgan fingerprint density at radius 2 is 1.69 bits per heavy atom. The molecule has 26 heavy (non-hydrogen) atoms. The van der Waals surface area contributed by atoms with E-state index in [0.29, 0.717) is 18.9 Å². The summed E-state index contributed by atoms with van der Waals surface area (Å²) in [5, 5.41) is 0. The minimum atomic E-state index is -0.0237. The van der Waals surface area contributed by atoms with Crippen molar-refractivity contribution in [2.24, 2.45) is 5.92 Å². The van der Waals surface area contributed by atoms with E-state index >= 15 is 0 Å². The van der Waals surface area contributed by atoms with E-state index in [1.54, 1.807) is 0 Å². The number of aryl methyl sites for hydroxylation is 1. The molecular formula is C23H29NO2. The van der Waals surface area contributed by atoms with Gasteiger partial charge in [-0.15, -0.1) is 0 Å². The van der Waals surface area contributed by atoms with Gasteiger partial charge in [0.05, 0.1) is 6.61 Å². The standard InChI is InChI=1S/C23H29NO2/c1-19-7-9-22(10-8-19)23(21-5-3-2-4-6-21)26-18-16-24-14-11-20(12-15-24)13-17-25/h2-10,17,20,23H,11-16,18H2,1H3. The lowest BCUT2D eigenvalue weighted by Crippen LogP contribution is -2.36. The largest absolute Gasteiger partial charge is 0.367 e. The number of rotatable bonds is 8. The van der Waals surface area contributed by atoms with Crippen molar-refractivity contribution >= 4 is 6.29 Å². The van der Waals surface area contributed by atoms with Gasteiger partial charge in [0.2, 0.25) is 0 Å². The average Bonchev–Trinajstić information content (AvgIpc) is 2.68. The maximum absolute atomic E-state index is 10.7. The molecule has 138 valence electrons. The molecule has 1 atom stereocenters. The first-order chi connectivity index (χ1) is 12.8. The quantitative estimate of drug-likeness (QED) is 0.660. The SMILES string of the molecule is Cc1ccc(C(OCCN2CCC(CC=O)CC2)c2ccccc2)cc1. The van der Waals surface area contributed by atoms with E-state index in [-0.39, 0.29) is 6.10 Å². The van der Waals surface area contributed by atoms with Crippen molar-refractivity contribution < 1.29 is 9.53 Å². The van der Waals surface area contributed by atoms with Crippen LogP contribution in [0.25, 0.3) is 0 Å². The molecule has 1 aliphatic heterocycles. The van der Waals surface area contributed by atoms with Crippen LogP contribution in [0.3, 0.4) is 0 Å². The first-order valence-electron chi connectivity index (χ1n) is 9.65. The monoisotopic (exact) mass is 351 g/mol. The molecule has 0 N–H and O–H groups in total. The van der Waals surface area contributed by atoms with Crippen LogP contribution in [0.4, 0.5) is 0 Å².